The molecule has 0 aromatic heterocycles. The third kappa shape index (κ3) is 2.53. The van der Waals surface area contributed by atoms with E-state index in [1.807, 2.05) is 12.0 Å². The molecule has 2 aliphatic carbocycles. The highest BCUT2D eigenvalue weighted by Gasteiger charge is 2.68. The second-order valence-electron chi connectivity index (χ2n) is 8.36. The lowest BCUT2D eigenvalue weighted by molar-refractivity contribution is -0.127. The summed E-state index contributed by atoms with van der Waals surface area (Å²) in [6.45, 7) is 8.76. The second kappa shape index (κ2) is 5.77. The molecule has 2 fully saturated rings. The van der Waals surface area contributed by atoms with Crippen molar-refractivity contribution in [2.24, 2.45) is 16.7 Å². The number of fused-ring (bicyclic) bond motifs is 2. The maximum atomic E-state index is 12.7. The van der Waals surface area contributed by atoms with E-state index in [4.69, 9.17) is 4.74 Å². The number of methoxy groups -OCH3 is 1. The van der Waals surface area contributed by atoms with Crippen LogP contribution in [0.15, 0.2) is 12.2 Å². The van der Waals surface area contributed by atoms with Gasteiger partial charge in [-0.25, -0.2) is 0 Å². The first-order valence-corrected chi connectivity index (χ1v) is 12.7. The average Bonchev–Trinajstić information content (AvgIpc) is 3.10. The molecule has 0 spiro atoms. The number of carbonyl (C=O) groups is 1. The van der Waals surface area contributed by atoms with Gasteiger partial charge in [-0.2, -0.15) is 8.46 Å². The topological polar surface area (TPSA) is 29.5 Å². The molecule has 3 nitrogen and oxygen atoms in total. The number of amides is 1. The Morgan fingerprint density at radius 1 is 1.35 bits per heavy atom. The van der Waals surface area contributed by atoms with Crippen LogP contribution in [0.25, 0.3) is 0 Å². The molecule has 1 heterocycles. The average molecular weight is 404 g/mol. The van der Waals surface area contributed by atoms with Gasteiger partial charge in [-0.1, -0.05) is 32.9 Å². The number of hydrogen-bond donors (Lipinski definition) is 0. The molecule has 5 heteroatoms. The fourth-order valence-electron chi connectivity index (χ4n) is 5.32. The van der Waals surface area contributed by atoms with Crippen LogP contribution in [0.4, 0.5) is 0 Å². The van der Waals surface area contributed by atoms with Crippen LogP contribution in [0.3, 0.4) is 0 Å². The van der Waals surface area contributed by atoms with Gasteiger partial charge in [-0.15, -0.1) is 0 Å². The van der Waals surface area contributed by atoms with Crippen molar-refractivity contribution in [3.63, 3.8) is 0 Å². The summed E-state index contributed by atoms with van der Waals surface area (Å²) in [5.74, 6) is 1.55. The maximum Gasteiger partial charge on any atom is 0.232 e. The number of ether oxygens (including phenoxy) is 1. The first-order chi connectivity index (χ1) is 10.6. The highest BCUT2D eigenvalue weighted by molar-refractivity contribution is 9.58. The van der Waals surface area contributed by atoms with Crippen molar-refractivity contribution < 1.29 is 9.53 Å². The van der Waals surface area contributed by atoms with Crippen LogP contribution in [0.5, 0.6) is 0 Å². The standard InChI is InChI=1S/C18H30BrNO2S/c1-17(2)13-8-9-18(17,3)16(22-4)15(13)23(5,19)12-14(21)20-10-6-7-11-20/h6-7,13,15-16H,8-12H2,1-5H3. The summed E-state index contributed by atoms with van der Waals surface area (Å²) in [4.78, 5) is 14.6. The van der Waals surface area contributed by atoms with Gasteiger partial charge in [0, 0.05) is 30.9 Å². The van der Waals surface area contributed by atoms with Gasteiger partial charge in [0.1, 0.15) is 0 Å². The third-order valence-corrected chi connectivity index (χ3v) is 11.6. The van der Waals surface area contributed by atoms with Gasteiger partial charge in [0.2, 0.25) is 5.91 Å². The van der Waals surface area contributed by atoms with Crippen LogP contribution >= 0.6 is 23.3 Å². The predicted molar refractivity (Wildman–Crippen MR) is 102 cm³/mol. The molecule has 3 rings (SSSR count). The monoisotopic (exact) mass is 403 g/mol. The summed E-state index contributed by atoms with van der Waals surface area (Å²) in [6, 6.07) is 0. The van der Waals surface area contributed by atoms with E-state index in [0.29, 0.717) is 16.9 Å². The minimum atomic E-state index is -1.23. The summed E-state index contributed by atoms with van der Waals surface area (Å²) in [7, 11) is 0.626. The molecule has 2 bridgehead atoms. The Balaban J connectivity index is 1.83. The predicted octanol–water partition coefficient (Wildman–Crippen LogP) is 3.97. The molecule has 2 saturated carbocycles. The Morgan fingerprint density at radius 2 is 1.96 bits per heavy atom. The molecule has 0 aromatic carbocycles. The van der Waals surface area contributed by atoms with Crippen LogP contribution in [-0.2, 0) is 9.53 Å². The number of nitrogens with zero attached hydrogens (tertiary/aromatic N) is 1. The number of rotatable bonds is 4. The van der Waals surface area contributed by atoms with Crippen molar-refractivity contribution in [2.75, 3.05) is 32.2 Å². The van der Waals surface area contributed by atoms with Crippen molar-refractivity contribution in [2.45, 2.75) is 45.0 Å². The van der Waals surface area contributed by atoms with E-state index < -0.39 is 8.46 Å². The van der Waals surface area contributed by atoms with Gasteiger partial charge in [0.05, 0.1) is 11.9 Å². The zero-order chi connectivity index (χ0) is 17.0. The van der Waals surface area contributed by atoms with E-state index in [1.165, 1.54) is 12.8 Å². The first kappa shape index (κ1) is 17.8. The molecular weight excluding hydrogens is 374 g/mol. The molecule has 5 unspecified atom stereocenters. The summed E-state index contributed by atoms with van der Waals surface area (Å²) in [5, 5.41) is 0.459. The van der Waals surface area contributed by atoms with Gasteiger partial charge < -0.3 is 9.64 Å². The molecule has 1 amide bonds. The lowest BCUT2D eigenvalue weighted by atomic mass is 9.70. The largest absolute Gasteiger partial charge is 0.380 e. The minimum Gasteiger partial charge on any atom is -0.380 e. The fourth-order valence-corrected chi connectivity index (χ4v) is 10.2. The molecular formula is C18H30BrNO2S. The molecule has 3 aliphatic rings. The SMILES string of the molecule is COC1C(S(C)(Br)CC(=O)N2CC=CC2)C2CCC1(C)C2(C)C. The third-order valence-electron chi connectivity index (χ3n) is 7.09. The molecule has 132 valence electrons. The highest BCUT2D eigenvalue weighted by atomic mass is 79.9. The Morgan fingerprint density at radius 3 is 2.52 bits per heavy atom. The molecule has 1 aliphatic heterocycles. The quantitative estimate of drug-likeness (QED) is 0.664. The minimum absolute atomic E-state index is 0.220. The highest BCUT2D eigenvalue weighted by Crippen LogP contribution is 2.75. The summed E-state index contributed by atoms with van der Waals surface area (Å²) < 4.78 is 6.04. The lowest BCUT2D eigenvalue weighted by Crippen LogP contribution is -2.44. The van der Waals surface area contributed by atoms with E-state index in [1.54, 1.807) is 0 Å². The molecule has 0 aromatic rings. The summed E-state index contributed by atoms with van der Waals surface area (Å²) in [5.41, 5.74) is 0.496. The van der Waals surface area contributed by atoms with Crippen molar-refractivity contribution in [3.05, 3.63) is 12.2 Å². The zero-order valence-electron chi connectivity index (χ0n) is 15.0. The molecule has 5 atom stereocenters. The van der Waals surface area contributed by atoms with Crippen molar-refractivity contribution in [1.29, 1.82) is 0 Å². The Kier molecular flexibility index (Phi) is 4.47. The van der Waals surface area contributed by atoms with Crippen LogP contribution < -0.4 is 0 Å². The smallest absolute Gasteiger partial charge is 0.232 e. The van der Waals surface area contributed by atoms with Crippen molar-refractivity contribution in [3.8, 4) is 0 Å². The normalized spacial score (nSPS) is 42.0. The van der Waals surface area contributed by atoms with Gasteiger partial charge in [0.25, 0.3) is 0 Å². The van der Waals surface area contributed by atoms with E-state index in [-0.39, 0.29) is 22.8 Å². The Bertz CT molecular complexity index is 525. The summed E-state index contributed by atoms with van der Waals surface area (Å²) >= 11 is 4.05. The van der Waals surface area contributed by atoms with Gasteiger partial charge in [-0.3, -0.25) is 4.79 Å². The molecule has 0 N–H and O–H groups in total. The number of carbonyl (C=O) groups excluding carboxylic acids is 1. The van der Waals surface area contributed by atoms with E-state index in [9.17, 15) is 4.79 Å². The molecule has 23 heavy (non-hydrogen) atoms. The zero-order valence-corrected chi connectivity index (χ0v) is 17.4. The Hall–Kier alpha value is 0. The van der Waals surface area contributed by atoms with E-state index in [2.05, 4.69) is 54.0 Å². The molecule has 0 saturated heterocycles. The fraction of sp³-hybridized carbons (Fsp3) is 0.833. The first-order valence-electron chi connectivity index (χ1n) is 8.55. The van der Waals surface area contributed by atoms with Gasteiger partial charge in [0.15, 0.2) is 0 Å². The second-order valence-corrected chi connectivity index (χ2v) is 15.7. The van der Waals surface area contributed by atoms with Crippen LogP contribution in [0, 0.1) is 16.7 Å². The van der Waals surface area contributed by atoms with Gasteiger partial charge in [-0.05, 0) is 45.2 Å². The van der Waals surface area contributed by atoms with Crippen LogP contribution in [0.1, 0.15) is 33.6 Å². The number of hydrogen-bond acceptors (Lipinski definition) is 2. The maximum absolute atomic E-state index is 12.7. The van der Waals surface area contributed by atoms with Crippen molar-refractivity contribution in [1.82, 2.24) is 4.90 Å². The van der Waals surface area contributed by atoms with Gasteiger partial charge >= 0.3 is 0 Å². The van der Waals surface area contributed by atoms with Crippen LogP contribution in [-0.4, -0.2) is 54.4 Å². The summed E-state index contributed by atoms with van der Waals surface area (Å²) in [6.07, 6.45) is 9.20. The van der Waals surface area contributed by atoms with E-state index >= 15 is 0 Å². The lowest BCUT2D eigenvalue weighted by Gasteiger charge is -2.46. The Labute approximate surface area is 149 Å². The molecule has 0 radical (unpaired) electrons. The van der Waals surface area contributed by atoms with Crippen LogP contribution in [0.2, 0.25) is 0 Å². The van der Waals surface area contributed by atoms with E-state index in [0.717, 1.165) is 13.1 Å². The van der Waals surface area contributed by atoms with Crippen molar-refractivity contribution >= 4 is 29.2 Å². The number of halogens is 1.